The maximum Gasteiger partial charge on any atom is 0.234 e. The Morgan fingerprint density at radius 1 is 1.11 bits per heavy atom. The summed E-state index contributed by atoms with van der Waals surface area (Å²) < 4.78 is 32.5. The summed E-state index contributed by atoms with van der Waals surface area (Å²) in [6, 6.07) is 15.3. The van der Waals surface area contributed by atoms with Crippen molar-refractivity contribution in [3.05, 3.63) is 72.1 Å². The zero-order chi connectivity index (χ0) is 31.6. The monoisotopic (exact) mass is 629 g/mol. The number of anilines is 1. The van der Waals surface area contributed by atoms with Crippen molar-refractivity contribution in [1.29, 1.82) is 0 Å². The van der Waals surface area contributed by atoms with Gasteiger partial charge < -0.3 is 20.8 Å². The average Bonchev–Trinajstić information content (AvgIpc) is 3.52. The molecule has 6 rings (SSSR count). The first-order valence-electron chi connectivity index (χ1n) is 16.0. The predicted molar refractivity (Wildman–Crippen MR) is 178 cm³/mol. The number of sulfone groups is 1. The number of primary amides is 1. The number of benzene rings is 2. The Hall–Kier alpha value is -3.89. The lowest BCUT2D eigenvalue weighted by Gasteiger charge is -2.35. The Bertz CT molecular complexity index is 1780. The van der Waals surface area contributed by atoms with E-state index < -0.39 is 9.84 Å². The SMILES string of the molecule is COc1cc(-c2cc(CNc3cccc4[nH]cc(C5CCCN(C(C)C(N)=O)C5)c34)ccn2)ccc1S(=O)(=O)C1CCCCC1. The quantitative estimate of drug-likeness (QED) is 0.196. The van der Waals surface area contributed by atoms with Crippen LogP contribution in [0, 0.1) is 0 Å². The molecular formula is C35H43N5O4S. The molecule has 2 fully saturated rings. The zero-order valence-electron chi connectivity index (χ0n) is 26.1. The molecule has 2 aromatic carbocycles. The van der Waals surface area contributed by atoms with E-state index in [2.05, 4.69) is 38.5 Å². The van der Waals surface area contributed by atoms with Crippen LogP contribution in [0.5, 0.6) is 5.75 Å². The molecule has 2 unspecified atom stereocenters. The minimum atomic E-state index is -3.47. The topological polar surface area (TPSA) is 130 Å². The second-order valence-corrected chi connectivity index (χ2v) is 14.7. The third-order valence-corrected chi connectivity index (χ3v) is 12.0. The smallest absolute Gasteiger partial charge is 0.234 e. The number of hydrogen-bond acceptors (Lipinski definition) is 7. The number of H-pyrrole nitrogens is 1. The molecular weight excluding hydrogens is 586 g/mol. The van der Waals surface area contributed by atoms with Gasteiger partial charge >= 0.3 is 0 Å². The number of nitrogens with two attached hydrogens (primary N) is 1. The van der Waals surface area contributed by atoms with Gasteiger partial charge in [-0.15, -0.1) is 0 Å². The number of hydrogen-bond donors (Lipinski definition) is 3. The van der Waals surface area contributed by atoms with Crippen molar-refractivity contribution in [2.24, 2.45) is 5.73 Å². The Morgan fingerprint density at radius 3 is 2.71 bits per heavy atom. The van der Waals surface area contributed by atoms with E-state index in [9.17, 15) is 13.2 Å². The lowest BCUT2D eigenvalue weighted by molar-refractivity contribution is -0.123. The number of aromatic amines is 1. The third kappa shape index (κ3) is 6.44. The number of nitrogens with zero attached hydrogens (tertiary/aromatic N) is 2. The first kappa shape index (κ1) is 31.1. The lowest BCUT2D eigenvalue weighted by Crippen LogP contribution is -2.47. The molecule has 0 radical (unpaired) electrons. The van der Waals surface area contributed by atoms with Gasteiger partial charge in [0.25, 0.3) is 0 Å². The minimum Gasteiger partial charge on any atom is -0.495 e. The van der Waals surface area contributed by atoms with Crippen molar-refractivity contribution in [2.45, 2.75) is 80.5 Å². The van der Waals surface area contributed by atoms with Gasteiger partial charge in [0, 0.05) is 47.6 Å². The van der Waals surface area contributed by atoms with E-state index in [1.807, 2.05) is 31.2 Å². The van der Waals surface area contributed by atoms with Crippen LogP contribution in [-0.2, 0) is 21.2 Å². The summed E-state index contributed by atoms with van der Waals surface area (Å²) in [5, 5.41) is 4.47. The van der Waals surface area contributed by atoms with E-state index in [4.69, 9.17) is 10.5 Å². The van der Waals surface area contributed by atoms with E-state index in [-0.39, 0.29) is 22.1 Å². The molecule has 2 atom stereocenters. The molecule has 9 nitrogen and oxygen atoms in total. The number of fused-ring (bicyclic) bond motifs is 1. The van der Waals surface area contributed by atoms with Gasteiger partial charge in [-0.2, -0.15) is 0 Å². The first-order chi connectivity index (χ1) is 21.8. The Balaban J connectivity index is 1.21. The number of rotatable bonds is 10. The summed E-state index contributed by atoms with van der Waals surface area (Å²) in [4.78, 5) is 22.4. The summed E-state index contributed by atoms with van der Waals surface area (Å²) in [6.45, 7) is 4.15. The number of amides is 1. The van der Waals surface area contributed by atoms with E-state index in [1.165, 1.54) is 18.1 Å². The number of aromatic nitrogens is 2. The van der Waals surface area contributed by atoms with Gasteiger partial charge in [-0.1, -0.05) is 31.4 Å². The highest BCUT2D eigenvalue weighted by molar-refractivity contribution is 7.92. The number of nitrogens with one attached hydrogen (secondary N) is 2. The van der Waals surface area contributed by atoms with Gasteiger partial charge in [0.05, 0.1) is 24.1 Å². The van der Waals surface area contributed by atoms with E-state index in [0.29, 0.717) is 31.1 Å². The third-order valence-electron chi connectivity index (χ3n) is 9.65. The number of pyridine rings is 1. The molecule has 0 spiro atoms. The van der Waals surface area contributed by atoms with Crippen LogP contribution in [-0.4, -0.2) is 60.7 Å². The Labute approximate surface area is 265 Å². The molecule has 4 aromatic rings. The largest absolute Gasteiger partial charge is 0.495 e. The van der Waals surface area contributed by atoms with Crippen molar-refractivity contribution in [3.8, 4) is 17.0 Å². The summed E-state index contributed by atoms with van der Waals surface area (Å²) in [6.07, 6.45) is 10.4. The van der Waals surface area contributed by atoms with Gasteiger partial charge in [-0.3, -0.25) is 14.7 Å². The molecule has 1 amide bonds. The Kier molecular flexibility index (Phi) is 9.14. The molecule has 10 heteroatoms. The van der Waals surface area contributed by atoms with Crippen molar-refractivity contribution < 1.29 is 17.9 Å². The molecule has 1 aliphatic carbocycles. The molecule has 2 aromatic heterocycles. The minimum absolute atomic E-state index is 0.263. The van der Waals surface area contributed by atoms with Gasteiger partial charge in [0.2, 0.25) is 5.91 Å². The van der Waals surface area contributed by atoms with Crippen molar-refractivity contribution in [3.63, 3.8) is 0 Å². The second-order valence-electron chi connectivity index (χ2n) is 12.5. The fraction of sp³-hybridized carbons (Fsp3) is 0.429. The zero-order valence-corrected chi connectivity index (χ0v) is 26.9. The number of carbonyl (C=O) groups excluding carboxylic acids is 1. The summed E-state index contributed by atoms with van der Waals surface area (Å²) >= 11 is 0. The molecule has 3 heterocycles. The van der Waals surface area contributed by atoms with Crippen LogP contribution in [0.2, 0.25) is 0 Å². The lowest BCUT2D eigenvalue weighted by atomic mass is 9.89. The van der Waals surface area contributed by atoms with Crippen LogP contribution in [0.15, 0.2) is 65.8 Å². The van der Waals surface area contributed by atoms with Crippen LogP contribution in [0.25, 0.3) is 22.2 Å². The van der Waals surface area contributed by atoms with Gasteiger partial charge in [-0.25, -0.2) is 8.42 Å². The van der Waals surface area contributed by atoms with Crippen LogP contribution in [0.3, 0.4) is 0 Å². The summed E-state index contributed by atoms with van der Waals surface area (Å²) in [5.41, 5.74) is 11.6. The average molecular weight is 630 g/mol. The number of piperidine rings is 1. The number of ether oxygens (including phenoxy) is 1. The molecule has 1 aliphatic heterocycles. The molecule has 2 aliphatic rings. The highest BCUT2D eigenvalue weighted by Crippen LogP contribution is 2.38. The van der Waals surface area contributed by atoms with Crippen molar-refractivity contribution >= 4 is 32.3 Å². The maximum atomic E-state index is 13.4. The van der Waals surface area contributed by atoms with Crippen molar-refractivity contribution in [1.82, 2.24) is 14.9 Å². The van der Waals surface area contributed by atoms with E-state index in [1.54, 1.807) is 18.3 Å². The van der Waals surface area contributed by atoms with Crippen LogP contribution in [0.1, 0.15) is 68.9 Å². The van der Waals surface area contributed by atoms with Crippen molar-refractivity contribution in [2.75, 3.05) is 25.5 Å². The molecule has 4 N–H and O–H groups in total. The van der Waals surface area contributed by atoms with Crippen LogP contribution in [0.4, 0.5) is 5.69 Å². The first-order valence-corrected chi connectivity index (χ1v) is 17.6. The molecule has 238 valence electrons. The molecule has 1 saturated heterocycles. The fourth-order valence-corrected chi connectivity index (χ4v) is 9.02. The normalized spacial score (nSPS) is 18.9. The summed E-state index contributed by atoms with van der Waals surface area (Å²) in [7, 11) is -1.95. The highest BCUT2D eigenvalue weighted by Gasteiger charge is 2.32. The second kappa shape index (κ2) is 13.2. The predicted octanol–water partition coefficient (Wildman–Crippen LogP) is 6.01. The fourth-order valence-electron chi connectivity index (χ4n) is 7.03. The van der Waals surface area contributed by atoms with E-state index in [0.717, 1.165) is 73.2 Å². The molecule has 1 saturated carbocycles. The van der Waals surface area contributed by atoms with Gasteiger partial charge in [0.1, 0.15) is 10.6 Å². The number of methoxy groups -OCH3 is 1. The Morgan fingerprint density at radius 2 is 1.93 bits per heavy atom. The van der Waals surface area contributed by atoms with E-state index >= 15 is 0 Å². The van der Waals surface area contributed by atoms with Crippen LogP contribution < -0.4 is 15.8 Å². The standard InChI is InChI=1S/C35H43N5O4S/c1-23(35(36)41)40-17-7-8-26(22-40)28-21-39-30-12-6-11-29(34(28)30)38-20-24-15-16-37-31(18-24)25-13-14-33(32(19-25)44-2)45(42,43)27-9-4-3-5-10-27/h6,11-16,18-19,21,23,26-27,38-39H,3-5,7-10,17,20,22H2,1-2H3,(H2,36,41). The maximum absolute atomic E-state index is 13.4. The van der Waals surface area contributed by atoms with Crippen LogP contribution >= 0.6 is 0 Å². The van der Waals surface area contributed by atoms with Gasteiger partial charge in [-0.05, 0) is 92.6 Å². The number of likely N-dealkylation sites (tertiary alicyclic amines) is 1. The van der Waals surface area contributed by atoms with Gasteiger partial charge in [0.15, 0.2) is 9.84 Å². The summed E-state index contributed by atoms with van der Waals surface area (Å²) in [5.74, 6) is 0.374. The highest BCUT2D eigenvalue weighted by atomic mass is 32.2. The number of carbonyl (C=O) groups is 1. The molecule has 0 bridgehead atoms. The molecule has 45 heavy (non-hydrogen) atoms.